The Kier molecular flexibility index (Phi) is 4.29. The first-order valence-corrected chi connectivity index (χ1v) is 6.80. The number of phenolic OH excluding ortho intramolecular Hbond substituents is 2. The largest absolute Gasteiger partial charge is 0.504 e. The standard InChI is InChI=1S/C15H14BrNO3/c1-17(9-10-5-2-3-7-12(10)16)15(20)11-6-4-8-13(18)14(11)19/h2-8,18-19H,9H2,1H3. The van der Waals surface area contributed by atoms with Crippen LogP contribution < -0.4 is 0 Å². The number of hydrogen-bond donors (Lipinski definition) is 2. The van der Waals surface area contributed by atoms with Gasteiger partial charge in [-0.3, -0.25) is 4.79 Å². The molecule has 0 aliphatic heterocycles. The summed E-state index contributed by atoms with van der Waals surface area (Å²) < 4.78 is 0.916. The number of phenols is 2. The molecule has 0 fully saturated rings. The Bertz CT molecular complexity index is 643. The molecule has 2 rings (SSSR count). The summed E-state index contributed by atoms with van der Waals surface area (Å²) in [5.41, 5.74) is 1.04. The van der Waals surface area contributed by atoms with Gasteiger partial charge in [0.1, 0.15) is 0 Å². The molecule has 0 saturated heterocycles. The van der Waals surface area contributed by atoms with Crippen molar-refractivity contribution in [2.45, 2.75) is 6.54 Å². The molecule has 104 valence electrons. The first kappa shape index (κ1) is 14.4. The van der Waals surface area contributed by atoms with Crippen LogP contribution in [0.4, 0.5) is 0 Å². The number of nitrogens with zero attached hydrogens (tertiary/aromatic N) is 1. The molecule has 0 bridgehead atoms. The highest BCUT2D eigenvalue weighted by Gasteiger charge is 2.18. The minimum absolute atomic E-state index is 0.0829. The minimum Gasteiger partial charge on any atom is -0.504 e. The van der Waals surface area contributed by atoms with Gasteiger partial charge >= 0.3 is 0 Å². The Morgan fingerprint density at radius 3 is 2.55 bits per heavy atom. The molecule has 0 saturated carbocycles. The molecule has 2 aromatic rings. The van der Waals surface area contributed by atoms with Crippen molar-refractivity contribution >= 4 is 21.8 Å². The number of rotatable bonds is 3. The maximum Gasteiger partial charge on any atom is 0.257 e. The molecular formula is C15H14BrNO3. The van der Waals surface area contributed by atoms with Gasteiger partial charge in [-0.05, 0) is 23.8 Å². The SMILES string of the molecule is CN(Cc1ccccc1Br)C(=O)c1cccc(O)c1O. The van der Waals surface area contributed by atoms with Gasteiger partial charge in [0.2, 0.25) is 0 Å². The average molecular weight is 336 g/mol. The second-order valence-corrected chi connectivity index (χ2v) is 5.28. The van der Waals surface area contributed by atoms with E-state index in [1.54, 1.807) is 7.05 Å². The minimum atomic E-state index is -0.392. The number of para-hydroxylation sites is 1. The van der Waals surface area contributed by atoms with Crippen LogP contribution in [-0.4, -0.2) is 28.1 Å². The molecule has 5 heteroatoms. The van der Waals surface area contributed by atoms with Crippen LogP contribution in [0.15, 0.2) is 46.9 Å². The van der Waals surface area contributed by atoms with Crippen molar-refractivity contribution in [1.82, 2.24) is 4.90 Å². The number of carbonyl (C=O) groups is 1. The maximum atomic E-state index is 12.3. The number of benzene rings is 2. The van der Waals surface area contributed by atoms with Gasteiger partial charge in [-0.1, -0.05) is 40.2 Å². The van der Waals surface area contributed by atoms with Crippen molar-refractivity contribution in [3.8, 4) is 11.5 Å². The molecule has 1 amide bonds. The molecule has 2 N–H and O–H groups in total. The van der Waals surface area contributed by atoms with Crippen LogP contribution in [0.3, 0.4) is 0 Å². The smallest absolute Gasteiger partial charge is 0.257 e. The zero-order chi connectivity index (χ0) is 14.7. The van der Waals surface area contributed by atoms with Crippen LogP contribution in [0.2, 0.25) is 0 Å². The molecule has 0 radical (unpaired) electrons. The van der Waals surface area contributed by atoms with E-state index >= 15 is 0 Å². The third-order valence-corrected chi connectivity index (χ3v) is 3.73. The number of halogens is 1. The molecule has 0 atom stereocenters. The fraction of sp³-hybridized carbons (Fsp3) is 0.133. The van der Waals surface area contributed by atoms with Gasteiger partial charge in [0.15, 0.2) is 11.5 Å². The fourth-order valence-electron chi connectivity index (χ4n) is 1.86. The van der Waals surface area contributed by atoms with Gasteiger partial charge in [0, 0.05) is 18.1 Å². The van der Waals surface area contributed by atoms with Crippen molar-refractivity contribution in [3.05, 3.63) is 58.1 Å². The average Bonchev–Trinajstić information content (AvgIpc) is 2.43. The van der Waals surface area contributed by atoms with Gasteiger partial charge in [-0.2, -0.15) is 0 Å². The molecule has 0 aromatic heterocycles. The number of amides is 1. The molecule has 2 aromatic carbocycles. The van der Waals surface area contributed by atoms with Crippen molar-refractivity contribution in [1.29, 1.82) is 0 Å². The molecule has 0 aliphatic carbocycles. The summed E-state index contributed by atoms with van der Waals surface area (Å²) >= 11 is 3.43. The number of carbonyl (C=O) groups excluding carboxylic acids is 1. The Balaban J connectivity index is 2.21. The van der Waals surface area contributed by atoms with Crippen LogP contribution in [0, 0.1) is 0 Å². The van der Waals surface area contributed by atoms with E-state index in [0.717, 1.165) is 10.0 Å². The van der Waals surface area contributed by atoms with E-state index in [1.807, 2.05) is 24.3 Å². The lowest BCUT2D eigenvalue weighted by atomic mass is 10.1. The molecule has 20 heavy (non-hydrogen) atoms. The quantitative estimate of drug-likeness (QED) is 0.847. The van der Waals surface area contributed by atoms with E-state index in [9.17, 15) is 15.0 Å². The summed E-state index contributed by atoms with van der Waals surface area (Å²) in [6.45, 7) is 0.398. The lowest BCUT2D eigenvalue weighted by Crippen LogP contribution is -2.26. The Hall–Kier alpha value is -2.01. The highest BCUT2D eigenvalue weighted by molar-refractivity contribution is 9.10. The topological polar surface area (TPSA) is 60.8 Å². The van der Waals surface area contributed by atoms with Crippen molar-refractivity contribution in [2.75, 3.05) is 7.05 Å². The summed E-state index contributed by atoms with van der Waals surface area (Å²) in [6, 6.07) is 11.9. The zero-order valence-corrected chi connectivity index (χ0v) is 12.5. The summed E-state index contributed by atoms with van der Waals surface area (Å²) in [4.78, 5) is 13.8. The van der Waals surface area contributed by atoms with E-state index < -0.39 is 5.75 Å². The summed E-state index contributed by atoms with van der Waals surface area (Å²) in [7, 11) is 1.64. The van der Waals surface area contributed by atoms with E-state index in [2.05, 4.69) is 15.9 Å². The summed E-state index contributed by atoms with van der Waals surface area (Å²) in [5.74, 6) is -1.05. The third kappa shape index (κ3) is 2.93. The monoisotopic (exact) mass is 335 g/mol. The second-order valence-electron chi connectivity index (χ2n) is 4.43. The van der Waals surface area contributed by atoms with Crippen molar-refractivity contribution in [3.63, 3.8) is 0 Å². The molecule has 0 unspecified atom stereocenters. The highest BCUT2D eigenvalue weighted by Crippen LogP contribution is 2.29. The maximum absolute atomic E-state index is 12.3. The molecule has 0 spiro atoms. The Labute approximate surface area is 125 Å². The lowest BCUT2D eigenvalue weighted by molar-refractivity contribution is 0.0781. The molecule has 0 aliphatic rings. The van der Waals surface area contributed by atoms with E-state index in [1.165, 1.54) is 23.1 Å². The van der Waals surface area contributed by atoms with Gasteiger partial charge < -0.3 is 15.1 Å². The van der Waals surface area contributed by atoms with Gasteiger partial charge in [-0.15, -0.1) is 0 Å². The molecular weight excluding hydrogens is 322 g/mol. The van der Waals surface area contributed by atoms with Gasteiger partial charge in [0.05, 0.1) is 5.56 Å². The van der Waals surface area contributed by atoms with Gasteiger partial charge in [0.25, 0.3) is 5.91 Å². The molecule has 0 heterocycles. The Morgan fingerprint density at radius 1 is 1.15 bits per heavy atom. The van der Waals surface area contributed by atoms with Crippen LogP contribution in [0.25, 0.3) is 0 Å². The van der Waals surface area contributed by atoms with Crippen LogP contribution in [0.1, 0.15) is 15.9 Å². The first-order chi connectivity index (χ1) is 9.50. The van der Waals surface area contributed by atoms with Gasteiger partial charge in [-0.25, -0.2) is 0 Å². The van der Waals surface area contributed by atoms with Crippen LogP contribution >= 0.6 is 15.9 Å². The summed E-state index contributed by atoms with van der Waals surface area (Å²) in [6.07, 6.45) is 0. The Morgan fingerprint density at radius 2 is 1.85 bits per heavy atom. The fourth-order valence-corrected chi connectivity index (χ4v) is 2.27. The predicted octanol–water partition coefficient (Wildman–Crippen LogP) is 3.13. The third-order valence-electron chi connectivity index (χ3n) is 2.96. The van der Waals surface area contributed by atoms with Crippen LogP contribution in [-0.2, 0) is 6.54 Å². The number of hydrogen-bond acceptors (Lipinski definition) is 3. The van der Waals surface area contributed by atoms with Crippen LogP contribution in [0.5, 0.6) is 11.5 Å². The van der Waals surface area contributed by atoms with Crippen molar-refractivity contribution in [2.24, 2.45) is 0 Å². The number of aromatic hydroxyl groups is 2. The van der Waals surface area contributed by atoms with E-state index in [0.29, 0.717) is 6.54 Å². The summed E-state index contributed by atoms with van der Waals surface area (Å²) in [5, 5.41) is 19.2. The second kappa shape index (κ2) is 5.96. The lowest BCUT2D eigenvalue weighted by Gasteiger charge is -2.19. The van der Waals surface area contributed by atoms with Crippen molar-refractivity contribution < 1.29 is 15.0 Å². The zero-order valence-electron chi connectivity index (χ0n) is 10.9. The van der Waals surface area contributed by atoms with E-state index in [4.69, 9.17) is 0 Å². The normalized spacial score (nSPS) is 10.3. The highest BCUT2D eigenvalue weighted by atomic mass is 79.9. The first-order valence-electron chi connectivity index (χ1n) is 6.00. The van der Waals surface area contributed by atoms with E-state index in [-0.39, 0.29) is 17.2 Å². The predicted molar refractivity (Wildman–Crippen MR) is 79.7 cm³/mol. The molecule has 4 nitrogen and oxygen atoms in total.